The lowest BCUT2D eigenvalue weighted by Gasteiger charge is -2.19. The number of hydrogen-bond acceptors (Lipinski definition) is 3. The second-order valence-corrected chi connectivity index (χ2v) is 6.71. The maximum Gasteiger partial charge on any atom is 0.0864 e. The Bertz CT molecular complexity index is 280. The molecule has 1 saturated heterocycles. The summed E-state index contributed by atoms with van der Waals surface area (Å²) < 4.78 is 5.90. The van der Waals surface area contributed by atoms with E-state index in [1.807, 2.05) is 6.08 Å². The van der Waals surface area contributed by atoms with Crippen molar-refractivity contribution in [1.29, 1.82) is 0 Å². The third-order valence-electron chi connectivity index (χ3n) is 4.68. The molecule has 0 amide bonds. The van der Waals surface area contributed by atoms with Crippen molar-refractivity contribution in [3.8, 4) is 0 Å². The zero-order valence-corrected chi connectivity index (χ0v) is 14.4. The highest BCUT2D eigenvalue weighted by atomic mass is 16.5. The van der Waals surface area contributed by atoms with E-state index in [2.05, 4.69) is 13.5 Å². The van der Waals surface area contributed by atoms with E-state index in [0.717, 1.165) is 44.9 Å². The van der Waals surface area contributed by atoms with E-state index in [1.54, 1.807) is 0 Å². The lowest BCUT2D eigenvalue weighted by atomic mass is 10.0. The fourth-order valence-electron chi connectivity index (χ4n) is 3.22. The molecule has 130 valence electrons. The fraction of sp³-hybridized carbons (Fsp3) is 0.895. The van der Waals surface area contributed by atoms with Gasteiger partial charge in [0, 0.05) is 6.42 Å². The van der Waals surface area contributed by atoms with Crippen LogP contribution in [0.3, 0.4) is 0 Å². The van der Waals surface area contributed by atoms with Crippen molar-refractivity contribution < 1.29 is 14.9 Å². The molecular weight excluding hydrogens is 276 g/mol. The van der Waals surface area contributed by atoms with Crippen LogP contribution in [0.25, 0.3) is 0 Å². The molecule has 0 bridgehead atoms. The standard InChI is InChI=1S/C19H36O3/c1-3-5-7-8-9-10-12-14-18-17(21)15-19(22-18)16(20)13-11-6-4-2/h3,16-21H,1,4-15H2,2H3/t16-,17+,18+,19-/m0/s1. The van der Waals surface area contributed by atoms with Crippen molar-refractivity contribution in [3.05, 3.63) is 12.7 Å². The van der Waals surface area contributed by atoms with Crippen molar-refractivity contribution in [2.24, 2.45) is 0 Å². The molecule has 3 heteroatoms. The van der Waals surface area contributed by atoms with Gasteiger partial charge in [0.05, 0.1) is 24.4 Å². The summed E-state index contributed by atoms with van der Waals surface area (Å²) in [6.45, 7) is 5.90. The topological polar surface area (TPSA) is 49.7 Å². The Kier molecular flexibility index (Phi) is 10.8. The van der Waals surface area contributed by atoms with E-state index in [4.69, 9.17) is 4.74 Å². The van der Waals surface area contributed by atoms with Gasteiger partial charge in [0.2, 0.25) is 0 Å². The second-order valence-electron chi connectivity index (χ2n) is 6.71. The van der Waals surface area contributed by atoms with Crippen LogP contribution >= 0.6 is 0 Å². The molecular formula is C19H36O3. The zero-order valence-electron chi connectivity index (χ0n) is 14.4. The predicted octanol–water partition coefficient (Wildman–Crippen LogP) is 4.36. The molecule has 1 heterocycles. The van der Waals surface area contributed by atoms with E-state index < -0.39 is 12.2 Å². The Balaban J connectivity index is 2.11. The molecule has 1 aliphatic rings. The summed E-state index contributed by atoms with van der Waals surface area (Å²) in [5.41, 5.74) is 0. The Morgan fingerprint density at radius 1 is 1.14 bits per heavy atom. The largest absolute Gasteiger partial charge is 0.390 e. The van der Waals surface area contributed by atoms with E-state index in [1.165, 1.54) is 25.7 Å². The minimum Gasteiger partial charge on any atom is -0.390 e. The summed E-state index contributed by atoms with van der Waals surface area (Å²) in [4.78, 5) is 0. The van der Waals surface area contributed by atoms with Crippen LogP contribution in [0.5, 0.6) is 0 Å². The van der Waals surface area contributed by atoms with Gasteiger partial charge in [-0.1, -0.05) is 57.9 Å². The van der Waals surface area contributed by atoms with Gasteiger partial charge >= 0.3 is 0 Å². The second kappa shape index (κ2) is 12.1. The van der Waals surface area contributed by atoms with E-state index in [9.17, 15) is 10.2 Å². The van der Waals surface area contributed by atoms with Gasteiger partial charge in [0.1, 0.15) is 0 Å². The zero-order chi connectivity index (χ0) is 16.2. The SMILES string of the molecule is C=CCCCCCCC[C@H]1O[C@H]([C@@H](O)CCCCC)C[C@H]1O. The Morgan fingerprint density at radius 2 is 1.86 bits per heavy atom. The maximum absolute atomic E-state index is 10.2. The minimum absolute atomic E-state index is 0.0704. The van der Waals surface area contributed by atoms with Gasteiger partial charge in [-0.15, -0.1) is 6.58 Å². The number of aliphatic hydroxyl groups is 2. The molecule has 2 N–H and O–H groups in total. The van der Waals surface area contributed by atoms with E-state index in [-0.39, 0.29) is 12.2 Å². The van der Waals surface area contributed by atoms with Crippen LogP contribution in [0.15, 0.2) is 12.7 Å². The molecule has 0 saturated carbocycles. The van der Waals surface area contributed by atoms with Gasteiger partial charge in [0.25, 0.3) is 0 Å². The van der Waals surface area contributed by atoms with E-state index >= 15 is 0 Å². The van der Waals surface area contributed by atoms with Crippen molar-refractivity contribution >= 4 is 0 Å². The van der Waals surface area contributed by atoms with Crippen LogP contribution in [0, 0.1) is 0 Å². The van der Waals surface area contributed by atoms with Crippen LogP contribution in [0.4, 0.5) is 0 Å². The van der Waals surface area contributed by atoms with Crippen LogP contribution in [0.2, 0.25) is 0 Å². The maximum atomic E-state index is 10.2. The molecule has 22 heavy (non-hydrogen) atoms. The first-order chi connectivity index (χ1) is 10.7. The van der Waals surface area contributed by atoms with Crippen LogP contribution in [-0.2, 0) is 4.74 Å². The lowest BCUT2D eigenvalue weighted by Crippen LogP contribution is -2.26. The van der Waals surface area contributed by atoms with Gasteiger partial charge in [-0.25, -0.2) is 0 Å². The lowest BCUT2D eigenvalue weighted by molar-refractivity contribution is -0.0498. The summed E-state index contributed by atoms with van der Waals surface area (Å²) >= 11 is 0. The fourth-order valence-corrected chi connectivity index (χ4v) is 3.22. The third kappa shape index (κ3) is 7.75. The number of allylic oxidation sites excluding steroid dienone is 1. The highest BCUT2D eigenvalue weighted by Crippen LogP contribution is 2.28. The van der Waals surface area contributed by atoms with E-state index in [0.29, 0.717) is 6.42 Å². The molecule has 0 radical (unpaired) electrons. The number of hydrogen-bond donors (Lipinski definition) is 2. The normalized spacial score (nSPS) is 26.2. The van der Waals surface area contributed by atoms with Crippen molar-refractivity contribution in [3.63, 3.8) is 0 Å². The quantitative estimate of drug-likeness (QED) is 0.392. The van der Waals surface area contributed by atoms with Crippen LogP contribution in [0.1, 0.15) is 84.0 Å². The molecule has 4 atom stereocenters. The van der Waals surface area contributed by atoms with Gasteiger partial charge in [-0.3, -0.25) is 0 Å². The first-order valence-corrected chi connectivity index (χ1v) is 9.31. The molecule has 0 aromatic heterocycles. The molecule has 1 fully saturated rings. The van der Waals surface area contributed by atoms with Crippen LogP contribution in [-0.4, -0.2) is 34.6 Å². The first kappa shape index (κ1) is 19.7. The average Bonchev–Trinajstić information content (AvgIpc) is 2.88. The summed E-state index contributed by atoms with van der Waals surface area (Å²) in [6.07, 6.45) is 13.8. The van der Waals surface area contributed by atoms with Gasteiger partial charge in [-0.2, -0.15) is 0 Å². The number of ether oxygens (including phenoxy) is 1. The molecule has 0 spiro atoms. The summed E-state index contributed by atoms with van der Waals surface area (Å²) in [5, 5.41) is 20.3. The third-order valence-corrected chi connectivity index (χ3v) is 4.68. The molecule has 0 aromatic rings. The highest BCUT2D eigenvalue weighted by molar-refractivity contribution is 4.85. The monoisotopic (exact) mass is 312 g/mol. The highest BCUT2D eigenvalue weighted by Gasteiger charge is 2.36. The average molecular weight is 312 g/mol. The molecule has 0 aliphatic carbocycles. The molecule has 3 nitrogen and oxygen atoms in total. The Morgan fingerprint density at radius 3 is 2.59 bits per heavy atom. The Hall–Kier alpha value is -0.380. The van der Waals surface area contributed by atoms with Gasteiger partial charge < -0.3 is 14.9 Å². The first-order valence-electron chi connectivity index (χ1n) is 9.31. The molecule has 1 rings (SSSR count). The van der Waals surface area contributed by atoms with Crippen molar-refractivity contribution in [2.45, 2.75) is 108 Å². The Labute approximate surface area is 136 Å². The summed E-state index contributed by atoms with van der Waals surface area (Å²) in [7, 11) is 0. The summed E-state index contributed by atoms with van der Waals surface area (Å²) in [5.74, 6) is 0. The number of aliphatic hydroxyl groups excluding tert-OH is 2. The van der Waals surface area contributed by atoms with Crippen molar-refractivity contribution in [2.75, 3.05) is 0 Å². The number of unbranched alkanes of at least 4 members (excludes halogenated alkanes) is 7. The van der Waals surface area contributed by atoms with Gasteiger partial charge in [-0.05, 0) is 25.7 Å². The van der Waals surface area contributed by atoms with Crippen molar-refractivity contribution in [1.82, 2.24) is 0 Å². The predicted molar refractivity (Wildman–Crippen MR) is 91.9 cm³/mol. The molecule has 0 unspecified atom stereocenters. The van der Waals surface area contributed by atoms with Gasteiger partial charge in [0.15, 0.2) is 0 Å². The minimum atomic E-state index is -0.412. The molecule has 0 aromatic carbocycles. The smallest absolute Gasteiger partial charge is 0.0864 e. The van der Waals surface area contributed by atoms with Crippen LogP contribution < -0.4 is 0 Å². The summed E-state index contributed by atoms with van der Waals surface area (Å²) in [6, 6.07) is 0. The molecule has 1 aliphatic heterocycles. The number of rotatable bonds is 13.